The van der Waals surface area contributed by atoms with E-state index in [1.54, 1.807) is 22.8 Å². The molecule has 0 N–H and O–H groups in total. The minimum Gasteiger partial charge on any atom is -0.468 e. The monoisotopic (exact) mass is 493 g/mol. The normalized spacial score (nSPS) is 16.6. The Hall–Kier alpha value is -2.66. The zero-order valence-electron chi connectivity index (χ0n) is 18.9. The molecule has 2 aromatic rings. The SMILES string of the molecule is COC(=O)Cn1c(=NC(=O)CSCC(=O)N2CCCC(C)C2)sc2cc(C(=O)OC)ccc21. The van der Waals surface area contributed by atoms with E-state index in [0.717, 1.165) is 25.9 Å². The number of likely N-dealkylation sites (tertiary alicyclic amines) is 1. The summed E-state index contributed by atoms with van der Waals surface area (Å²) < 4.78 is 11.8. The zero-order valence-corrected chi connectivity index (χ0v) is 20.5. The minimum absolute atomic E-state index is 0.0392. The number of hydrogen-bond donors (Lipinski definition) is 0. The van der Waals surface area contributed by atoms with Crippen molar-refractivity contribution in [3.8, 4) is 0 Å². The molecule has 2 amide bonds. The molecule has 33 heavy (non-hydrogen) atoms. The Morgan fingerprint density at radius 3 is 2.67 bits per heavy atom. The number of fused-ring (bicyclic) bond motifs is 1. The molecule has 1 saturated heterocycles. The van der Waals surface area contributed by atoms with E-state index >= 15 is 0 Å². The molecule has 1 atom stereocenters. The number of rotatable bonds is 7. The van der Waals surface area contributed by atoms with Gasteiger partial charge in [0.25, 0.3) is 5.91 Å². The lowest BCUT2D eigenvalue weighted by Gasteiger charge is -2.30. The Morgan fingerprint density at radius 1 is 1.18 bits per heavy atom. The number of hydrogen-bond acceptors (Lipinski definition) is 8. The molecular formula is C22H27N3O6S2. The maximum Gasteiger partial charge on any atom is 0.337 e. The number of aromatic nitrogens is 1. The van der Waals surface area contributed by atoms with Crippen LogP contribution in [0.5, 0.6) is 0 Å². The van der Waals surface area contributed by atoms with Crippen LogP contribution in [0.15, 0.2) is 23.2 Å². The Balaban J connectivity index is 1.75. The summed E-state index contributed by atoms with van der Waals surface area (Å²) in [4.78, 5) is 55.0. The van der Waals surface area contributed by atoms with Crippen LogP contribution in [0.4, 0.5) is 0 Å². The van der Waals surface area contributed by atoms with E-state index in [2.05, 4.69) is 11.9 Å². The van der Waals surface area contributed by atoms with Crippen LogP contribution in [-0.2, 0) is 30.4 Å². The van der Waals surface area contributed by atoms with E-state index in [9.17, 15) is 19.2 Å². The predicted octanol–water partition coefficient (Wildman–Crippen LogP) is 2.08. The summed E-state index contributed by atoms with van der Waals surface area (Å²) in [5.74, 6) is -0.558. The van der Waals surface area contributed by atoms with Crippen LogP contribution in [0.25, 0.3) is 10.2 Å². The molecule has 2 heterocycles. The molecule has 1 aliphatic rings. The van der Waals surface area contributed by atoms with Crippen molar-refractivity contribution in [3.05, 3.63) is 28.6 Å². The molecule has 0 radical (unpaired) electrons. The highest BCUT2D eigenvalue weighted by molar-refractivity contribution is 8.00. The number of carbonyl (C=O) groups excluding carboxylic acids is 4. The molecule has 1 aromatic carbocycles. The maximum atomic E-state index is 12.5. The topological polar surface area (TPSA) is 107 Å². The van der Waals surface area contributed by atoms with Crippen LogP contribution < -0.4 is 4.80 Å². The van der Waals surface area contributed by atoms with E-state index in [0.29, 0.717) is 26.5 Å². The molecule has 1 unspecified atom stereocenters. The molecule has 1 fully saturated rings. The van der Waals surface area contributed by atoms with E-state index in [-0.39, 0.29) is 24.0 Å². The first-order valence-corrected chi connectivity index (χ1v) is 12.5. The second kappa shape index (κ2) is 11.5. The van der Waals surface area contributed by atoms with E-state index in [1.165, 1.54) is 37.3 Å². The summed E-state index contributed by atoms with van der Waals surface area (Å²) in [5, 5.41) is 0. The Bertz CT molecular complexity index is 1120. The van der Waals surface area contributed by atoms with Gasteiger partial charge in [0.05, 0.1) is 41.5 Å². The summed E-state index contributed by atoms with van der Waals surface area (Å²) >= 11 is 2.42. The zero-order chi connectivity index (χ0) is 24.0. The number of ether oxygens (including phenoxy) is 2. The average Bonchev–Trinajstić information content (AvgIpc) is 3.13. The van der Waals surface area contributed by atoms with Gasteiger partial charge in [-0.2, -0.15) is 4.99 Å². The number of piperidine rings is 1. The van der Waals surface area contributed by atoms with Gasteiger partial charge in [0.1, 0.15) is 6.54 Å². The summed E-state index contributed by atoms with van der Waals surface area (Å²) in [5.41, 5.74) is 1.00. The Morgan fingerprint density at radius 2 is 1.97 bits per heavy atom. The standard InChI is InChI=1S/C22H27N3O6S2/c1-14-5-4-8-24(10-14)19(27)13-32-12-18(26)23-22-25(11-20(28)30-2)16-7-6-15(21(29)31-3)9-17(16)33-22/h6-7,9,14H,4-5,8,10-13H2,1-3H3. The first kappa shape index (κ1) is 25.0. The fraction of sp³-hybridized carbons (Fsp3) is 0.500. The molecule has 178 valence electrons. The van der Waals surface area contributed by atoms with Crippen molar-refractivity contribution in [1.29, 1.82) is 0 Å². The molecule has 9 nitrogen and oxygen atoms in total. The third-order valence-corrected chi connectivity index (χ3v) is 7.24. The van der Waals surface area contributed by atoms with Crippen LogP contribution in [0.3, 0.4) is 0 Å². The van der Waals surface area contributed by atoms with E-state index in [4.69, 9.17) is 9.47 Å². The largest absolute Gasteiger partial charge is 0.468 e. The fourth-order valence-corrected chi connectivity index (χ4v) is 5.41. The lowest BCUT2D eigenvalue weighted by atomic mass is 10.0. The van der Waals surface area contributed by atoms with Crippen LogP contribution >= 0.6 is 23.1 Å². The summed E-state index contributed by atoms with van der Waals surface area (Å²) in [6.07, 6.45) is 2.14. The highest BCUT2D eigenvalue weighted by Crippen LogP contribution is 2.20. The van der Waals surface area contributed by atoms with Crippen molar-refractivity contribution in [2.24, 2.45) is 10.9 Å². The van der Waals surface area contributed by atoms with Gasteiger partial charge in [-0.3, -0.25) is 14.4 Å². The Kier molecular flexibility index (Phi) is 8.67. The molecular weight excluding hydrogens is 466 g/mol. The van der Waals surface area contributed by atoms with Gasteiger partial charge in [-0.25, -0.2) is 4.79 Å². The molecule has 1 aliphatic heterocycles. The number of esters is 2. The van der Waals surface area contributed by atoms with Gasteiger partial charge >= 0.3 is 11.9 Å². The number of amides is 2. The van der Waals surface area contributed by atoms with Crippen molar-refractivity contribution in [1.82, 2.24) is 9.47 Å². The number of carbonyl (C=O) groups is 4. The van der Waals surface area contributed by atoms with Gasteiger partial charge in [0.15, 0.2) is 4.80 Å². The van der Waals surface area contributed by atoms with Gasteiger partial charge in [0, 0.05) is 13.1 Å². The third kappa shape index (κ3) is 6.44. The van der Waals surface area contributed by atoms with Crippen LogP contribution in [0.1, 0.15) is 30.1 Å². The van der Waals surface area contributed by atoms with Gasteiger partial charge in [0.2, 0.25) is 5.91 Å². The summed E-state index contributed by atoms with van der Waals surface area (Å²) in [6.45, 7) is 3.54. The highest BCUT2D eigenvalue weighted by Gasteiger charge is 2.21. The predicted molar refractivity (Wildman–Crippen MR) is 126 cm³/mol. The van der Waals surface area contributed by atoms with Crippen molar-refractivity contribution >= 4 is 57.1 Å². The number of methoxy groups -OCH3 is 2. The van der Waals surface area contributed by atoms with Crippen molar-refractivity contribution in [3.63, 3.8) is 0 Å². The highest BCUT2D eigenvalue weighted by atomic mass is 32.2. The van der Waals surface area contributed by atoms with Crippen LogP contribution in [-0.4, -0.2) is 72.0 Å². The van der Waals surface area contributed by atoms with Crippen molar-refractivity contribution in [2.75, 3.05) is 38.8 Å². The van der Waals surface area contributed by atoms with Crippen molar-refractivity contribution in [2.45, 2.75) is 26.3 Å². The lowest BCUT2D eigenvalue weighted by Crippen LogP contribution is -2.40. The summed E-state index contributed by atoms with van der Waals surface area (Å²) in [6, 6.07) is 4.90. The van der Waals surface area contributed by atoms with E-state index < -0.39 is 17.8 Å². The lowest BCUT2D eigenvalue weighted by molar-refractivity contribution is -0.141. The second-order valence-corrected chi connectivity index (χ2v) is 9.80. The number of thiazole rings is 1. The van der Waals surface area contributed by atoms with Gasteiger partial charge in [-0.05, 0) is 37.0 Å². The third-order valence-electron chi connectivity index (χ3n) is 5.30. The second-order valence-electron chi connectivity index (χ2n) is 7.81. The Labute approximate surface area is 199 Å². The smallest absolute Gasteiger partial charge is 0.337 e. The maximum absolute atomic E-state index is 12.5. The number of benzene rings is 1. The number of nitrogens with zero attached hydrogens (tertiary/aromatic N) is 3. The van der Waals surface area contributed by atoms with Gasteiger partial charge in [-0.15, -0.1) is 11.8 Å². The van der Waals surface area contributed by atoms with Gasteiger partial charge in [-0.1, -0.05) is 18.3 Å². The van der Waals surface area contributed by atoms with E-state index in [1.807, 2.05) is 4.90 Å². The molecule has 0 saturated carbocycles. The minimum atomic E-state index is -0.489. The average molecular weight is 494 g/mol. The van der Waals surface area contributed by atoms with Gasteiger partial charge < -0.3 is 18.9 Å². The first-order chi connectivity index (χ1) is 15.8. The molecule has 0 bridgehead atoms. The molecule has 0 spiro atoms. The van der Waals surface area contributed by atoms with Crippen LogP contribution in [0.2, 0.25) is 0 Å². The molecule has 11 heteroatoms. The molecule has 0 aliphatic carbocycles. The van der Waals surface area contributed by atoms with Crippen molar-refractivity contribution < 1.29 is 28.7 Å². The number of thioether (sulfide) groups is 1. The summed E-state index contributed by atoms with van der Waals surface area (Å²) in [7, 11) is 2.58. The fourth-order valence-electron chi connectivity index (χ4n) is 3.62. The molecule has 3 rings (SSSR count). The molecule has 1 aromatic heterocycles. The quantitative estimate of drug-likeness (QED) is 0.544. The van der Waals surface area contributed by atoms with Crippen LogP contribution in [0, 0.1) is 5.92 Å². The first-order valence-electron chi connectivity index (χ1n) is 10.5.